The molecule has 70 valence electrons. The van der Waals surface area contributed by atoms with Crippen LogP contribution in [0.15, 0.2) is 18.2 Å². The van der Waals surface area contributed by atoms with E-state index < -0.39 is 0 Å². The molecule has 0 saturated heterocycles. The number of fused-ring (bicyclic) bond motifs is 1. The van der Waals surface area contributed by atoms with Crippen LogP contribution < -0.4 is 10.1 Å². The number of nitrogens with one attached hydrogen (secondary N) is 1. The fourth-order valence-corrected chi connectivity index (χ4v) is 1.79. The van der Waals surface area contributed by atoms with Crippen molar-refractivity contribution in [3.05, 3.63) is 29.3 Å². The standard InChI is InChI=1S/C11H15NO/c1-2-13-11-5-3-4-9-8-12-7-6-10(9)11/h3-5,12H,2,6-8H2,1H3. The Bertz CT molecular complexity index is 296. The van der Waals surface area contributed by atoms with Crippen molar-refractivity contribution in [3.63, 3.8) is 0 Å². The molecule has 13 heavy (non-hydrogen) atoms. The first-order valence-corrected chi connectivity index (χ1v) is 4.86. The third-order valence-electron chi connectivity index (χ3n) is 2.40. The maximum absolute atomic E-state index is 5.58. The van der Waals surface area contributed by atoms with Crippen LogP contribution in [0.2, 0.25) is 0 Å². The highest BCUT2D eigenvalue weighted by atomic mass is 16.5. The van der Waals surface area contributed by atoms with Gasteiger partial charge in [-0.2, -0.15) is 0 Å². The van der Waals surface area contributed by atoms with Gasteiger partial charge >= 0.3 is 0 Å². The molecule has 1 aromatic rings. The van der Waals surface area contributed by atoms with Gasteiger partial charge in [-0.15, -0.1) is 0 Å². The summed E-state index contributed by atoms with van der Waals surface area (Å²) in [4.78, 5) is 0. The molecule has 1 aliphatic heterocycles. The van der Waals surface area contributed by atoms with Gasteiger partial charge in [-0.25, -0.2) is 0 Å². The van der Waals surface area contributed by atoms with Gasteiger partial charge in [0.2, 0.25) is 0 Å². The summed E-state index contributed by atoms with van der Waals surface area (Å²) < 4.78 is 5.58. The van der Waals surface area contributed by atoms with E-state index in [0.29, 0.717) is 0 Å². The predicted molar refractivity (Wildman–Crippen MR) is 53.0 cm³/mol. The molecule has 0 radical (unpaired) electrons. The SMILES string of the molecule is CCOc1cccc2c1CCNC2. The zero-order chi connectivity index (χ0) is 9.10. The Morgan fingerprint density at radius 3 is 3.23 bits per heavy atom. The number of hydrogen-bond acceptors (Lipinski definition) is 2. The van der Waals surface area contributed by atoms with E-state index in [1.165, 1.54) is 11.1 Å². The van der Waals surface area contributed by atoms with E-state index in [1.54, 1.807) is 0 Å². The van der Waals surface area contributed by atoms with E-state index in [9.17, 15) is 0 Å². The summed E-state index contributed by atoms with van der Waals surface area (Å²) in [5.41, 5.74) is 2.78. The molecule has 0 fully saturated rings. The second-order valence-electron chi connectivity index (χ2n) is 3.25. The number of benzene rings is 1. The first-order chi connectivity index (χ1) is 6.42. The Morgan fingerprint density at radius 2 is 2.38 bits per heavy atom. The maximum atomic E-state index is 5.58. The van der Waals surface area contributed by atoms with Crippen LogP contribution in [-0.4, -0.2) is 13.2 Å². The van der Waals surface area contributed by atoms with Crippen molar-refractivity contribution in [2.24, 2.45) is 0 Å². The molecule has 0 amide bonds. The molecular formula is C11H15NO. The van der Waals surface area contributed by atoms with Crippen molar-refractivity contribution in [1.82, 2.24) is 5.32 Å². The van der Waals surface area contributed by atoms with Gasteiger partial charge in [-0.3, -0.25) is 0 Å². The Balaban J connectivity index is 2.34. The Morgan fingerprint density at radius 1 is 1.46 bits per heavy atom. The summed E-state index contributed by atoms with van der Waals surface area (Å²) in [6.45, 7) is 4.83. The Hall–Kier alpha value is -1.02. The zero-order valence-corrected chi connectivity index (χ0v) is 7.97. The molecule has 1 heterocycles. The fourth-order valence-electron chi connectivity index (χ4n) is 1.79. The largest absolute Gasteiger partial charge is 0.494 e. The molecule has 2 heteroatoms. The summed E-state index contributed by atoms with van der Waals surface area (Å²) >= 11 is 0. The summed E-state index contributed by atoms with van der Waals surface area (Å²) in [5.74, 6) is 1.07. The molecule has 0 aromatic heterocycles. The van der Waals surface area contributed by atoms with Crippen molar-refractivity contribution in [3.8, 4) is 5.75 Å². The quantitative estimate of drug-likeness (QED) is 0.742. The van der Waals surface area contributed by atoms with Crippen LogP contribution in [0.5, 0.6) is 5.75 Å². The Kier molecular flexibility index (Phi) is 2.50. The van der Waals surface area contributed by atoms with Gasteiger partial charge in [0.15, 0.2) is 0 Å². The van der Waals surface area contributed by atoms with E-state index >= 15 is 0 Å². The average Bonchev–Trinajstić information content (AvgIpc) is 2.19. The van der Waals surface area contributed by atoms with Crippen LogP contribution in [-0.2, 0) is 13.0 Å². The highest BCUT2D eigenvalue weighted by Crippen LogP contribution is 2.24. The second kappa shape index (κ2) is 3.79. The van der Waals surface area contributed by atoms with Crippen molar-refractivity contribution >= 4 is 0 Å². The highest BCUT2D eigenvalue weighted by Gasteiger charge is 2.12. The van der Waals surface area contributed by atoms with Crippen LogP contribution in [0, 0.1) is 0 Å². The molecule has 1 aliphatic rings. The average molecular weight is 177 g/mol. The summed E-state index contributed by atoms with van der Waals surface area (Å²) in [6, 6.07) is 6.30. The minimum atomic E-state index is 0.754. The maximum Gasteiger partial charge on any atom is 0.122 e. The summed E-state index contributed by atoms with van der Waals surface area (Å²) in [7, 11) is 0. The van der Waals surface area contributed by atoms with Gasteiger partial charge in [-0.1, -0.05) is 12.1 Å². The predicted octanol–water partition coefficient (Wildman–Crippen LogP) is 1.73. The van der Waals surface area contributed by atoms with Crippen LogP contribution >= 0.6 is 0 Å². The first-order valence-electron chi connectivity index (χ1n) is 4.86. The smallest absolute Gasteiger partial charge is 0.122 e. The lowest BCUT2D eigenvalue weighted by atomic mass is 10.0. The van der Waals surface area contributed by atoms with Crippen LogP contribution in [0.1, 0.15) is 18.1 Å². The van der Waals surface area contributed by atoms with Gasteiger partial charge in [-0.05, 0) is 37.1 Å². The number of hydrogen-bond donors (Lipinski definition) is 1. The normalized spacial score (nSPS) is 15.2. The monoisotopic (exact) mass is 177 g/mol. The van der Waals surface area contributed by atoms with Crippen molar-refractivity contribution in [2.75, 3.05) is 13.2 Å². The molecule has 1 aromatic carbocycles. The second-order valence-corrected chi connectivity index (χ2v) is 3.25. The zero-order valence-electron chi connectivity index (χ0n) is 7.97. The van der Waals surface area contributed by atoms with Crippen LogP contribution in [0.4, 0.5) is 0 Å². The van der Waals surface area contributed by atoms with Gasteiger partial charge in [0.05, 0.1) is 6.61 Å². The van der Waals surface area contributed by atoms with E-state index in [2.05, 4.69) is 23.5 Å². The Labute approximate surface area is 78.9 Å². The summed E-state index contributed by atoms with van der Waals surface area (Å²) in [6.07, 6.45) is 1.09. The lowest BCUT2D eigenvalue weighted by Gasteiger charge is -2.19. The van der Waals surface area contributed by atoms with Crippen molar-refractivity contribution in [2.45, 2.75) is 19.9 Å². The molecule has 1 N–H and O–H groups in total. The van der Waals surface area contributed by atoms with Crippen molar-refractivity contribution < 1.29 is 4.74 Å². The molecule has 0 saturated carbocycles. The number of rotatable bonds is 2. The third-order valence-corrected chi connectivity index (χ3v) is 2.40. The molecule has 2 rings (SSSR count). The lowest BCUT2D eigenvalue weighted by molar-refractivity contribution is 0.334. The van der Waals surface area contributed by atoms with Gasteiger partial charge in [0.25, 0.3) is 0 Å². The van der Waals surface area contributed by atoms with Crippen LogP contribution in [0.3, 0.4) is 0 Å². The topological polar surface area (TPSA) is 21.3 Å². The summed E-state index contributed by atoms with van der Waals surface area (Å²) in [5, 5.41) is 3.35. The van der Waals surface area contributed by atoms with E-state index in [-0.39, 0.29) is 0 Å². The minimum absolute atomic E-state index is 0.754. The highest BCUT2D eigenvalue weighted by molar-refractivity contribution is 5.41. The fraction of sp³-hybridized carbons (Fsp3) is 0.455. The van der Waals surface area contributed by atoms with Crippen LogP contribution in [0.25, 0.3) is 0 Å². The van der Waals surface area contributed by atoms with E-state index in [4.69, 9.17) is 4.74 Å². The molecule has 0 bridgehead atoms. The molecule has 0 aliphatic carbocycles. The number of ether oxygens (including phenoxy) is 1. The van der Waals surface area contributed by atoms with Crippen molar-refractivity contribution in [1.29, 1.82) is 0 Å². The molecule has 0 atom stereocenters. The van der Waals surface area contributed by atoms with Gasteiger partial charge in [0, 0.05) is 6.54 Å². The molecule has 0 unspecified atom stereocenters. The molecule has 2 nitrogen and oxygen atoms in total. The molecular weight excluding hydrogens is 162 g/mol. The van der Waals surface area contributed by atoms with E-state index in [0.717, 1.165) is 31.9 Å². The van der Waals surface area contributed by atoms with Gasteiger partial charge < -0.3 is 10.1 Å². The first kappa shape index (κ1) is 8.57. The lowest BCUT2D eigenvalue weighted by Crippen LogP contribution is -2.24. The van der Waals surface area contributed by atoms with E-state index in [1.807, 2.05) is 6.92 Å². The van der Waals surface area contributed by atoms with Gasteiger partial charge in [0.1, 0.15) is 5.75 Å². The third kappa shape index (κ3) is 1.68. The molecule has 0 spiro atoms. The minimum Gasteiger partial charge on any atom is -0.494 e.